The van der Waals surface area contributed by atoms with Gasteiger partial charge >= 0.3 is 6.18 Å². The average Bonchev–Trinajstić information content (AvgIpc) is 2.40. The molecule has 2 nitrogen and oxygen atoms in total. The van der Waals surface area contributed by atoms with E-state index in [1.54, 1.807) is 12.1 Å². The second kappa shape index (κ2) is 9.00. The minimum absolute atomic E-state index is 0.00546. The van der Waals surface area contributed by atoms with Crippen LogP contribution in [0.25, 0.3) is 0 Å². The third-order valence-electron chi connectivity index (χ3n) is 3.01. The molecule has 0 spiro atoms. The van der Waals surface area contributed by atoms with Crippen molar-refractivity contribution in [3.05, 3.63) is 35.6 Å². The SMILES string of the molecule is CCCNCC(CCOCC(F)(F)F)c1cccc(F)c1. The van der Waals surface area contributed by atoms with Crippen molar-refractivity contribution < 1.29 is 22.3 Å². The molecular weight excluding hydrogens is 286 g/mol. The van der Waals surface area contributed by atoms with Crippen molar-refractivity contribution in [1.29, 1.82) is 0 Å². The summed E-state index contributed by atoms with van der Waals surface area (Å²) in [7, 11) is 0. The number of ether oxygens (including phenoxy) is 1. The third-order valence-corrected chi connectivity index (χ3v) is 3.01. The molecule has 0 bridgehead atoms. The van der Waals surface area contributed by atoms with Gasteiger partial charge in [-0.2, -0.15) is 13.2 Å². The molecule has 0 aliphatic rings. The van der Waals surface area contributed by atoms with Crippen LogP contribution in [-0.4, -0.2) is 32.5 Å². The van der Waals surface area contributed by atoms with Crippen LogP contribution in [0.4, 0.5) is 17.6 Å². The van der Waals surface area contributed by atoms with Gasteiger partial charge in [0.25, 0.3) is 0 Å². The van der Waals surface area contributed by atoms with E-state index in [-0.39, 0.29) is 18.3 Å². The second-order valence-electron chi connectivity index (χ2n) is 4.91. The molecule has 1 atom stereocenters. The zero-order valence-corrected chi connectivity index (χ0v) is 12.0. The van der Waals surface area contributed by atoms with Gasteiger partial charge in [-0.1, -0.05) is 19.1 Å². The van der Waals surface area contributed by atoms with Gasteiger partial charge in [-0.05, 0) is 43.0 Å². The fourth-order valence-corrected chi connectivity index (χ4v) is 2.01. The Bertz CT molecular complexity index is 409. The molecule has 0 amide bonds. The number of benzene rings is 1. The van der Waals surface area contributed by atoms with E-state index in [0.29, 0.717) is 13.0 Å². The maximum atomic E-state index is 13.3. The minimum Gasteiger partial charge on any atom is -0.372 e. The summed E-state index contributed by atoms with van der Waals surface area (Å²) in [6.07, 6.45) is -2.94. The Kier molecular flexibility index (Phi) is 7.67. The van der Waals surface area contributed by atoms with Gasteiger partial charge in [0.1, 0.15) is 12.4 Å². The van der Waals surface area contributed by atoms with Gasteiger partial charge < -0.3 is 10.1 Å². The minimum atomic E-state index is -4.31. The van der Waals surface area contributed by atoms with Crippen molar-refractivity contribution in [2.24, 2.45) is 0 Å². The van der Waals surface area contributed by atoms with E-state index in [2.05, 4.69) is 10.1 Å². The molecule has 0 aromatic heterocycles. The first-order valence-electron chi connectivity index (χ1n) is 7.03. The number of rotatable bonds is 9. The monoisotopic (exact) mass is 307 g/mol. The lowest BCUT2D eigenvalue weighted by Gasteiger charge is -2.18. The molecule has 0 fully saturated rings. The Hall–Kier alpha value is -1.14. The summed E-state index contributed by atoms with van der Waals surface area (Å²) in [5.74, 6) is -0.412. The summed E-state index contributed by atoms with van der Waals surface area (Å²) in [4.78, 5) is 0. The summed E-state index contributed by atoms with van der Waals surface area (Å²) >= 11 is 0. The fraction of sp³-hybridized carbons (Fsp3) is 0.600. The largest absolute Gasteiger partial charge is 0.411 e. The quantitative estimate of drug-likeness (QED) is 0.552. The Morgan fingerprint density at radius 3 is 2.67 bits per heavy atom. The fourth-order valence-electron chi connectivity index (χ4n) is 2.01. The summed E-state index contributed by atoms with van der Waals surface area (Å²) < 4.78 is 54.0. The molecule has 0 heterocycles. The molecule has 1 N–H and O–H groups in total. The van der Waals surface area contributed by atoms with Gasteiger partial charge in [0.15, 0.2) is 0 Å². The maximum absolute atomic E-state index is 13.3. The topological polar surface area (TPSA) is 21.3 Å². The molecular formula is C15H21F4NO. The molecule has 6 heteroatoms. The van der Waals surface area contributed by atoms with Crippen LogP contribution in [0.5, 0.6) is 0 Å². The van der Waals surface area contributed by atoms with E-state index in [0.717, 1.165) is 18.5 Å². The first kappa shape index (κ1) is 17.9. The van der Waals surface area contributed by atoms with Gasteiger partial charge in [0.05, 0.1) is 0 Å². The van der Waals surface area contributed by atoms with Crippen molar-refractivity contribution in [2.45, 2.75) is 31.9 Å². The van der Waals surface area contributed by atoms with Crippen molar-refractivity contribution in [1.82, 2.24) is 5.32 Å². The van der Waals surface area contributed by atoms with Crippen LogP contribution in [0.2, 0.25) is 0 Å². The zero-order valence-electron chi connectivity index (χ0n) is 12.0. The highest BCUT2D eigenvalue weighted by molar-refractivity contribution is 5.21. The van der Waals surface area contributed by atoms with Gasteiger partial charge in [0, 0.05) is 13.2 Å². The van der Waals surface area contributed by atoms with E-state index in [1.165, 1.54) is 12.1 Å². The van der Waals surface area contributed by atoms with Gasteiger partial charge in [0.2, 0.25) is 0 Å². The van der Waals surface area contributed by atoms with Crippen LogP contribution < -0.4 is 5.32 Å². The summed E-state index contributed by atoms with van der Waals surface area (Å²) in [5, 5.41) is 3.21. The molecule has 0 radical (unpaired) electrons. The first-order chi connectivity index (χ1) is 9.92. The van der Waals surface area contributed by atoms with Crippen molar-refractivity contribution in [2.75, 3.05) is 26.3 Å². The second-order valence-corrected chi connectivity index (χ2v) is 4.91. The lowest BCUT2D eigenvalue weighted by atomic mass is 9.96. The Morgan fingerprint density at radius 1 is 1.29 bits per heavy atom. The van der Waals surface area contributed by atoms with Crippen LogP contribution in [0, 0.1) is 5.82 Å². The first-order valence-corrected chi connectivity index (χ1v) is 7.03. The van der Waals surface area contributed by atoms with Crippen LogP contribution in [0.3, 0.4) is 0 Å². The Balaban J connectivity index is 2.52. The summed E-state index contributed by atoms with van der Waals surface area (Å²) in [5.41, 5.74) is 0.772. The number of hydrogen-bond donors (Lipinski definition) is 1. The highest BCUT2D eigenvalue weighted by Gasteiger charge is 2.27. The van der Waals surface area contributed by atoms with E-state index in [4.69, 9.17) is 0 Å². The number of halogens is 4. The molecule has 120 valence electrons. The molecule has 1 aromatic carbocycles. The summed E-state index contributed by atoms with van der Waals surface area (Å²) in [6, 6.07) is 6.15. The Morgan fingerprint density at radius 2 is 2.05 bits per heavy atom. The smallest absolute Gasteiger partial charge is 0.372 e. The van der Waals surface area contributed by atoms with E-state index >= 15 is 0 Å². The predicted molar refractivity (Wildman–Crippen MR) is 73.8 cm³/mol. The molecule has 21 heavy (non-hydrogen) atoms. The van der Waals surface area contributed by atoms with E-state index < -0.39 is 12.8 Å². The van der Waals surface area contributed by atoms with Crippen LogP contribution >= 0.6 is 0 Å². The third kappa shape index (κ3) is 8.02. The predicted octanol–water partition coefficient (Wildman–Crippen LogP) is 3.88. The average molecular weight is 307 g/mol. The maximum Gasteiger partial charge on any atom is 0.411 e. The van der Waals surface area contributed by atoms with Crippen LogP contribution in [-0.2, 0) is 4.74 Å². The van der Waals surface area contributed by atoms with Crippen LogP contribution in [0.15, 0.2) is 24.3 Å². The van der Waals surface area contributed by atoms with Gasteiger partial charge in [-0.3, -0.25) is 0 Å². The molecule has 0 saturated carbocycles. The molecule has 1 unspecified atom stereocenters. The van der Waals surface area contributed by atoms with Crippen molar-refractivity contribution in [3.8, 4) is 0 Å². The highest BCUT2D eigenvalue weighted by atomic mass is 19.4. The molecule has 1 aromatic rings. The van der Waals surface area contributed by atoms with Gasteiger partial charge in [-0.15, -0.1) is 0 Å². The van der Waals surface area contributed by atoms with Crippen molar-refractivity contribution in [3.63, 3.8) is 0 Å². The molecule has 0 aliphatic heterocycles. The van der Waals surface area contributed by atoms with Gasteiger partial charge in [-0.25, -0.2) is 4.39 Å². The van der Waals surface area contributed by atoms with Crippen molar-refractivity contribution >= 4 is 0 Å². The zero-order chi connectivity index (χ0) is 15.7. The lowest BCUT2D eigenvalue weighted by Crippen LogP contribution is -2.24. The van der Waals surface area contributed by atoms with E-state index in [1.807, 2.05) is 6.92 Å². The summed E-state index contributed by atoms with van der Waals surface area (Å²) in [6.45, 7) is 2.18. The molecule has 0 aliphatic carbocycles. The van der Waals surface area contributed by atoms with Crippen LogP contribution in [0.1, 0.15) is 31.2 Å². The van der Waals surface area contributed by atoms with E-state index in [9.17, 15) is 17.6 Å². The Labute approximate surface area is 122 Å². The number of hydrogen-bond acceptors (Lipinski definition) is 2. The molecule has 0 saturated heterocycles. The standard InChI is InChI=1S/C15H21F4NO/c1-2-7-20-10-13(6-8-21-11-15(17,18)19)12-4-3-5-14(16)9-12/h3-5,9,13,20H,2,6-8,10-11H2,1H3. The number of nitrogens with one attached hydrogen (secondary N) is 1. The molecule has 1 rings (SSSR count). The normalized spacial score (nSPS) is 13.4. The number of alkyl halides is 3. The highest BCUT2D eigenvalue weighted by Crippen LogP contribution is 2.21. The lowest BCUT2D eigenvalue weighted by molar-refractivity contribution is -0.174.